The first kappa shape index (κ1) is 24.6. The lowest BCUT2D eigenvalue weighted by Gasteiger charge is -2.17. The molecular weight excluding hydrogens is 424 g/mol. The second kappa shape index (κ2) is 10.8. The second-order valence-electron chi connectivity index (χ2n) is 9.93. The van der Waals surface area contributed by atoms with Gasteiger partial charge in [-0.3, -0.25) is 0 Å². The molecule has 0 fully saturated rings. The van der Waals surface area contributed by atoms with Gasteiger partial charge in [0.2, 0.25) is 0 Å². The van der Waals surface area contributed by atoms with Gasteiger partial charge < -0.3 is 11.5 Å². The molecule has 0 aliphatic rings. The van der Waals surface area contributed by atoms with Gasteiger partial charge in [0, 0.05) is 11.4 Å². The zero-order valence-electron chi connectivity index (χ0n) is 21.6. The number of anilines is 2. The molecule has 4 aromatic carbocycles. The fraction of sp³-hybridized carbons (Fsp3) is 0.273. The molecule has 0 heterocycles. The van der Waals surface area contributed by atoms with Crippen LogP contribution in [0.5, 0.6) is 0 Å². The molecule has 35 heavy (non-hydrogen) atoms. The van der Waals surface area contributed by atoms with Crippen molar-refractivity contribution in [2.24, 2.45) is 0 Å². The number of nitrogen functional groups attached to an aromatic ring is 2. The summed E-state index contributed by atoms with van der Waals surface area (Å²) >= 11 is 0. The van der Waals surface area contributed by atoms with Crippen molar-refractivity contribution in [2.75, 3.05) is 11.5 Å². The van der Waals surface area contributed by atoms with Gasteiger partial charge in [-0.05, 0) is 140 Å². The third-order valence-corrected chi connectivity index (χ3v) is 7.73. The fourth-order valence-electron chi connectivity index (χ4n) is 4.92. The van der Waals surface area contributed by atoms with Crippen LogP contribution in [0.4, 0.5) is 11.4 Å². The molecule has 0 bridgehead atoms. The lowest BCUT2D eigenvalue weighted by atomic mass is 9.88. The van der Waals surface area contributed by atoms with Gasteiger partial charge in [-0.15, -0.1) is 0 Å². The molecule has 0 atom stereocenters. The van der Waals surface area contributed by atoms with E-state index in [2.05, 4.69) is 76.2 Å². The first-order valence-electron chi connectivity index (χ1n) is 12.7. The molecule has 4 rings (SSSR count). The van der Waals surface area contributed by atoms with Crippen LogP contribution < -0.4 is 11.5 Å². The quantitative estimate of drug-likeness (QED) is 0.271. The van der Waals surface area contributed by atoms with Gasteiger partial charge in [0.05, 0.1) is 0 Å². The molecule has 0 aliphatic heterocycles. The minimum atomic E-state index is 0.825. The topological polar surface area (TPSA) is 52.0 Å². The molecule has 0 amide bonds. The van der Waals surface area contributed by atoms with Crippen molar-refractivity contribution in [3.05, 3.63) is 128 Å². The maximum Gasteiger partial charge on any atom is 0.0314 e. The Hall–Kier alpha value is -3.52. The van der Waals surface area contributed by atoms with Crippen molar-refractivity contribution in [3.63, 3.8) is 0 Å². The zero-order valence-corrected chi connectivity index (χ0v) is 21.6. The van der Waals surface area contributed by atoms with Crippen molar-refractivity contribution in [1.29, 1.82) is 0 Å². The average Bonchev–Trinajstić information content (AvgIpc) is 2.86. The van der Waals surface area contributed by atoms with Gasteiger partial charge in [0.1, 0.15) is 0 Å². The standard InChI is InChI=1S/C33H38N2/c1-22-24(3)30(15-13-28(22)11-5-26-7-17-32(34)18-8-26)21-31-16-14-29(23(2)25(31)4)12-6-27-9-19-33(35)20-10-27/h7-10,13-20H,5-6,11-12,21,34-35H2,1-4H3. The molecule has 0 aromatic heterocycles. The summed E-state index contributed by atoms with van der Waals surface area (Å²) in [7, 11) is 0. The molecule has 0 saturated heterocycles. The highest BCUT2D eigenvalue weighted by Crippen LogP contribution is 2.26. The Balaban J connectivity index is 1.45. The Bertz CT molecular complexity index is 1200. The maximum absolute atomic E-state index is 5.83. The first-order valence-corrected chi connectivity index (χ1v) is 12.7. The minimum Gasteiger partial charge on any atom is -0.399 e. The van der Waals surface area contributed by atoms with Crippen LogP contribution >= 0.6 is 0 Å². The highest BCUT2D eigenvalue weighted by atomic mass is 14.5. The number of rotatable bonds is 8. The van der Waals surface area contributed by atoms with E-state index in [0.717, 1.165) is 43.5 Å². The Kier molecular flexibility index (Phi) is 7.60. The number of benzene rings is 4. The first-order chi connectivity index (χ1) is 16.8. The van der Waals surface area contributed by atoms with E-state index in [9.17, 15) is 0 Å². The molecule has 4 aromatic rings. The number of nitrogens with two attached hydrogens (primary N) is 2. The summed E-state index contributed by atoms with van der Waals surface area (Å²) in [6.45, 7) is 9.10. The van der Waals surface area contributed by atoms with Crippen LogP contribution in [0.1, 0.15) is 55.6 Å². The summed E-state index contributed by atoms with van der Waals surface area (Å²) in [5.41, 5.74) is 27.4. The van der Waals surface area contributed by atoms with E-state index in [-0.39, 0.29) is 0 Å². The number of hydrogen-bond acceptors (Lipinski definition) is 2. The average molecular weight is 463 g/mol. The van der Waals surface area contributed by atoms with E-state index >= 15 is 0 Å². The predicted molar refractivity (Wildman–Crippen MR) is 151 cm³/mol. The SMILES string of the molecule is Cc1c(CCc2ccc(N)cc2)ccc(Cc2ccc(CCc3ccc(N)cc3)c(C)c2C)c1C. The Labute approximate surface area is 211 Å². The summed E-state index contributed by atoms with van der Waals surface area (Å²) in [6, 6.07) is 25.8. The molecule has 2 heteroatoms. The summed E-state index contributed by atoms with van der Waals surface area (Å²) in [4.78, 5) is 0. The van der Waals surface area contributed by atoms with Crippen LogP contribution in [0.3, 0.4) is 0 Å². The van der Waals surface area contributed by atoms with Crippen molar-refractivity contribution in [1.82, 2.24) is 0 Å². The van der Waals surface area contributed by atoms with E-state index in [1.165, 1.54) is 55.6 Å². The Morgan fingerprint density at radius 1 is 0.400 bits per heavy atom. The predicted octanol–water partition coefficient (Wildman–Crippen LogP) is 7.25. The highest BCUT2D eigenvalue weighted by Gasteiger charge is 2.11. The summed E-state index contributed by atoms with van der Waals surface area (Å²) in [5.74, 6) is 0. The Morgan fingerprint density at radius 3 is 1.09 bits per heavy atom. The minimum absolute atomic E-state index is 0.825. The smallest absolute Gasteiger partial charge is 0.0314 e. The van der Waals surface area contributed by atoms with Crippen LogP contribution in [0.15, 0.2) is 72.8 Å². The zero-order chi connectivity index (χ0) is 24.9. The van der Waals surface area contributed by atoms with Crippen LogP contribution in [-0.2, 0) is 32.1 Å². The second-order valence-corrected chi connectivity index (χ2v) is 9.93. The fourth-order valence-corrected chi connectivity index (χ4v) is 4.92. The molecule has 0 aliphatic carbocycles. The number of aryl methyl sites for hydroxylation is 4. The lowest BCUT2D eigenvalue weighted by molar-refractivity contribution is 0.934. The van der Waals surface area contributed by atoms with Crippen LogP contribution in [-0.4, -0.2) is 0 Å². The van der Waals surface area contributed by atoms with Crippen molar-refractivity contribution in [2.45, 2.75) is 59.8 Å². The highest BCUT2D eigenvalue weighted by molar-refractivity contribution is 5.47. The van der Waals surface area contributed by atoms with Gasteiger partial charge in [-0.25, -0.2) is 0 Å². The van der Waals surface area contributed by atoms with Gasteiger partial charge in [0.25, 0.3) is 0 Å². The Morgan fingerprint density at radius 2 is 0.714 bits per heavy atom. The van der Waals surface area contributed by atoms with E-state index in [1.807, 2.05) is 24.3 Å². The monoisotopic (exact) mass is 462 g/mol. The molecule has 0 unspecified atom stereocenters. The molecule has 180 valence electrons. The molecule has 2 nitrogen and oxygen atoms in total. The lowest BCUT2D eigenvalue weighted by Crippen LogP contribution is -2.03. The van der Waals surface area contributed by atoms with E-state index in [1.54, 1.807) is 0 Å². The van der Waals surface area contributed by atoms with Crippen LogP contribution in [0, 0.1) is 27.7 Å². The van der Waals surface area contributed by atoms with Crippen LogP contribution in [0.2, 0.25) is 0 Å². The summed E-state index contributed by atoms with van der Waals surface area (Å²) < 4.78 is 0. The van der Waals surface area contributed by atoms with Gasteiger partial charge in [-0.1, -0.05) is 48.5 Å². The largest absolute Gasteiger partial charge is 0.399 e. The van der Waals surface area contributed by atoms with Gasteiger partial charge in [0.15, 0.2) is 0 Å². The third kappa shape index (κ3) is 5.95. The number of hydrogen-bond donors (Lipinski definition) is 2. The van der Waals surface area contributed by atoms with Crippen molar-refractivity contribution in [3.8, 4) is 0 Å². The van der Waals surface area contributed by atoms with Gasteiger partial charge >= 0.3 is 0 Å². The molecular formula is C33H38N2. The third-order valence-electron chi connectivity index (χ3n) is 7.73. The molecule has 0 spiro atoms. The molecule has 0 radical (unpaired) electrons. The maximum atomic E-state index is 5.83. The van der Waals surface area contributed by atoms with Crippen LogP contribution in [0.25, 0.3) is 0 Å². The molecule has 4 N–H and O–H groups in total. The van der Waals surface area contributed by atoms with Gasteiger partial charge in [-0.2, -0.15) is 0 Å². The van der Waals surface area contributed by atoms with Crippen molar-refractivity contribution < 1.29 is 0 Å². The van der Waals surface area contributed by atoms with E-state index in [4.69, 9.17) is 11.5 Å². The van der Waals surface area contributed by atoms with Crippen molar-refractivity contribution >= 4 is 11.4 Å². The molecule has 0 saturated carbocycles. The van der Waals surface area contributed by atoms with E-state index in [0.29, 0.717) is 0 Å². The van der Waals surface area contributed by atoms with E-state index < -0.39 is 0 Å². The normalized spacial score (nSPS) is 11.1. The summed E-state index contributed by atoms with van der Waals surface area (Å²) in [6.07, 6.45) is 5.16. The summed E-state index contributed by atoms with van der Waals surface area (Å²) in [5, 5.41) is 0.